The zero-order valence-corrected chi connectivity index (χ0v) is 10.9. The van der Waals surface area contributed by atoms with Crippen molar-refractivity contribution in [1.29, 1.82) is 0 Å². The maximum Gasteiger partial charge on any atom is 0.411 e. The molecule has 0 aliphatic carbocycles. The van der Waals surface area contributed by atoms with Gasteiger partial charge in [-0.1, -0.05) is 6.07 Å². The van der Waals surface area contributed by atoms with Gasteiger partial charge in [-0.25, -0.2) is 9.79 Å². The van der Waals surface area contributed by atoms with Crippen molar-refractivity contribution < 1.29 is 14.5 Å². The average molecular weight is 265 g/mol. The minimum Gasteiger partial charge on any atom is -0.391 e. The number of benzene rings is 1. The van der Waals surface area contributed by atoms with Crippen LogP contribution < -0.4 is 5.73 Å². The van der Waals surface area contributed by atoms with Gasteiger partial charge in [-0.2, -0.15) is 0 Å². The minimum absolute atomic E-state index is 0.0382. The van der Waals surface area contributed by atoms with Crippen molar-refractivity contribution in [2.45, 2.75) is 26.3 Å². The number of rotatable bonds is 2. The Morgan fingerprint density at radius 1 is 1.42 bits per heavy atom. The molecule has 0 fully saturated rings. The summed E-state index contributed by atoms with van der Waals surface area (Å²) in [6.07, 6.45) is -1.02. The molecule has 1 rings (SSSR count). The third kappa shape index (κ3) is 4.74. The van der Waals surface area contributed by atoms with E-state index < -0.39 is 16.6 Å². The molecule has 0 aliphatic heterocycles. The fraction of sp³-hybridized carbons (Fsp3) is 0.333. The maximum atomic E-state index is 10.9. The van der Waals surface area contributed by atoms with Crippen molar-refractivity contribution >= 4 is 17.7 Å². The van der Waals surface area contributed by atoms with E-state index in [1.54, 1.807) is 26.8 Å². The van der Waals surface area contributed by atoms with Gasteiger partial charge in [0.05, 0.1) is 10.5 Å². The average Bonchev–Trinajstić information content (AvgIpc) is 2.25. The third-order valence-corrected chi connectivity index (χ3v) is 1.94. The first-order valence-electron chi connectivity index (χ1n) is 5.51. The lowest BCUT2D eigenvalue weighted by atomic mass is 10.1. The topological polar surface area (TPSA) is 108 Å². The van der Waals surface area contributed by atoms with E-state index in [9.17, 15) is 14.9 Å². The summed E-state index contributed by atoms with van der Waals surface area (Å²) in [6.45, 7) is 5.40. The van der Waals surface area contributed by atoms with Crippen LogP contribution in [0.4, 0.5) is 10.5 Å². The molecule has 0 saturated carbocycles. The zero-order valence-electron chi connectivity index (χ0n) is 10.9. The lowest BCUT2D eigenvalue weighted by molar-refractivity contribution is -0.384. The highest BCUT2D eigenvalue weighted by atomic mass is 16.6. The van der Waals surface area contributed by atoms with Gasteiger partial charge in [0.15, 0.2) is 0 Å². The number of hydrogen-bond donors (Lipinski definition) is 1. The Morgan fingerprint density at radius 2 is 2.05 bits per heavy atom. The van der Waals surface area contributed by atoms with Crippen LogP contribution in [-0.4, -0.2) is 22.5 Å². The van der Waals surface area contributed by atoms with Crippen molar-refractivity contribution in [2.24, 2.45) is 10.7 Å². The van der Waals surface area contributed by atoms with Crippen molar-refractivity contribution in [2.75, 3.05) is 0 Å². The van der Waals surface area contributed by atoms with Gasteiger partial charge >= 0.3 is 6.09 Å². The monoisotopic (exact) mass is 265 g/mol. The Morgan fingerprint density at radius 3 is 2.53 bits per heavy atom. The Bertz CT molecular complexity index is 532. The molecular formula is C12H15N3O4. The molecule has 0 aliphatic rings. The number of primary amides is 1. The summed E-state index contributed by atoms with van der Waals surface area (Å²) < 4.78 is 4.81. The van der Waals surface area contributed by atoms with Crippen molar-refractivity contribution in [3.63, 3.8) is 0 Å². The summed E-state index contributed by atoms with van der Waals surface area (Å²) in [4.78, 5) is 25.2. The van der Waals surface area contributed by atoms with Crippen LogP contribution in [0, 0.1) is 10.1 Å². The van der Waals surface area contributed by atoms with Gasteiger partial charge < -0.3 is 10.5 Å². The van der Waals surface area contributed by atoms with E-state index in [0.717, 1.165) is 0 Å². The molecule has 2 N–H and O–H groups in total. The Hall–Kier alpha value is -2.44. The molecule has 0 bridgehead atoms. The number of ether oxygens (including phenoxy) is 1. The molecule has 1 aromatic rings. The van der Waals surface area contributed by atoms with Crippen LogP contribution in [0.1, 0.15) is 26.3 Å². The largest absolute Gasteiger partial charge is 0.411 e. The van der Waals surface area contributed by atoms with E-state index >= 15 is 0 Å². The zero-order chi connectivity index (χ0) is 14.6. The molecule has 0 saturated heterocycles. The molecule has 7 heteroatoms. The third-order valence-electron chi connectivity index (χ3n) is 1.94. The first-order valence-corrected chi connectivity index (χ1v) is 5.51. The van der Waals surface area contributed by atoms with E-state index in [0.29, 0.717) is 5.56 Å². The number of nitrogens with zero attached hydrogens (tertiary/aromatic N) is 2. The van der Waals surface area contributed by atoms with Gasteiger partial charge in [0, 0.05) is 17.7 Å². The van der Waals surface area contributed by atoms with Crippen LogP contribution in [-0.2, 0) is 4.74 Å². The summed E-state index contributed by atoms with van der Waals surface area (Å²) in [6, 6.07) is 5.65. The predicted octanol–water partition coefficient (Wildman–Crippen LogP) is 2.24. The molecule has 102 valence electrons. The minimum atomic E-state index is -1.02. The summed E-state index contributed by atoms with van der Waals surface area (Å²) >= 11 is 0. The molecule has 0 heterocycles. The Balaban J connectivity index is 3.25. The number of nitro benzene ring substituents is 1. The van der Waals surface area contributed by atoms with E-state index in [2.05, 4.69) is 4.99 Å². The number of carbonyl (C=O) groups is 1. The standard InChI is InChI=1S/C12H15N3O4/c1-12(2,3)14-10(19-11(13)16)8-5-4-6-9(7-8)15(17)18/h4-7H,1-3H3,(H2,13,16). The Kier molecular flexibility index (Phi) is 4.21. The fourth-order valence-electron chi connectivity index (χ4n) is 1.30. The summed E-state index contributed by atoms with van der Waals surface area (Å²) in [5.74, 6) is -0.0382. The van der Waals surface area contributed by atoms with Crippen molar-refractivity contribution in [1.82, 2.24) is 0 Å². The Labute approximate surface area is 110 Å². The van der Waals surface area contributed by atoms with Crippen LogP contribution >= 0.6 is 0 Å². The number of aliphatic imine (C=N–C) groups is 1. The predicted molar refractivity (Wildman–Crippen MR) is 70.1 cm³/mol. The van der Waals surface area contributed by atoms with Gasteiger partial charge in [-0.05, 0) is 26.8 Å². The van der Waals surface area contributed by atoms with Gasteiger partial charge in [0.25, 0.3) is 5.69 Å². The van der Waals surface area contributed by atoms with E-state index in [-0.39, 0.29) is 11.6 Å². The molecule has 19 heavy (non-hydrogen) atoms. The van der Waals surface area contributed by atoms with Crippen LogP contribution in [0.15, 0.2) is 29.3 Å². The van der Waals surface area contributed by atoms with E-state index in [1.807, 2.05) is 0 Å². The molecule has 0 radical (unpaired) electrons. The highest BCUT2D eigenvalue weighted by Gasteiger charge is 2.17. The number of amides is 1. The number of non-ortho nitro benzene ring substituents is 1. The summed E-state index contributed by atoms with van der Waals surface area (Å²) in [5.41, 5.74) is 4.66. The maximum absolute atomic E-state index is 10.9. The summed E-state index contributed by atoms with van der Waals surface area (Å²) in [7, 11) is 0. The van der Waals surface area contributed by atoms with E-state index in [4.69, 9.17) is 10.5 Å². The van der Waals surface area contributed by atoms with Crippen LogP contribution in [0.5, 0.6) is 0 Å². The normalized spacial score (nSPS) is 12.1. The second-order valence-electron chi connectivity index (χ2n) is 4.82. The van der Waals surface area contributed by atoms with Gasteiger partial charge in [0.2, 0.25) is 5.90 Å². The molecule has 1 aromatic carbocycles. The highest BCUT2D eigenvalue weighted by Crippen LogP contribution is 2.17. The number of nitro groups is 1. The van der Waals surface area contributed by atoms with Gasteiger partial charge in [-0.15, -0.1) is 0 Å². The molecule has 0 atom stereocenters. The lowest BCUT2D eigenvalue weighted by Gasteiger charge is -2.15. The first-order chi connectivity index (χ1) is 8.69. The molecule has 0 unspecified atom stereocenters. The fourth-order valence-corrected chi connectivity index (χ4v) is 1.30. The van der Waals surface area contributed by atoms with Crippen molar-refractivity contribution in [3.8, 4) is 0 Å². The molecule has 0 aromatic heterocycles. The van der Waals surface area contributed by atoms with Crippen LogP contribution in [0.2, 0.25) is 0 Å². The molecule has 0 spiro atoms. The quantitative estimate of drug-likeness (QED) is 0.382. The molecule has 1 amide bonds. The smallest absolute Gasteiger partial charge is 0.391 e. The number of nitrogens with two attached hydrogens (primary N) is 1. The second kappa shape index (κ2) is 5.47. The summed E-state index contributed by atoms with van der Waals surface area (Å²) in [5, 5.41) is 10.7. The number of carbonyl (C=O) groups excluding carboxylic acids is 1. The van der Waals surface area contributed by atoms with Crippen molar-refractivity contribution in [3.05, 3.63) is 39.9 Å². The first kappa shape index (κ1) is 14.6. The molecular weight excluding hydrogens is 250 g/mol. The van der Waals surface area contributed by atoms with Crippen LogP contribution in [0.3, 0.4) is 0 Å². The lowest BCUT2D eigenvalue weighted by Crippen LogP contribution is -2.23. The van der Waals surface area contributed by atoms with Crippen LogP contribution in [0.25, 0.3) is 0 Å². The SMILES string of the molecule is CC(C)(C)N=C(OC(N)=O)c1cccc([N+](=O)[O-])c1. The molecule has 7 nitrogen and oxygen atoms in total. The highest BCUT2D eigenvalue weighted by molar-refractivity contribution is 6.00. The van der Waals surface area contributed by atoms with E-state index in [1.165, 1.54) is 18.2 Å². The second-order valence-corrected chi connectivity index (χ2v) is 4.82. The van der Waals surface area contributed by atoms with Gasteiger partial charge in [-0.3, -0.25) is 10.1 Å². The van der Waals surface area contributed by atoms with Gasteiger partial charge in [0.1, 0.15) is 0 Å². The number of hydrogen-bond acceptors (Lipinski definition) is 5.